The number of rotatable bonds is 4. The van der Waals surface area contributed by atoms with E-state index in [-0.39, 0.29) is 0 Å². The van der Waals surface area contributed by atoms with E-state index in [2.05, 4.69) is 45.9 Å². The van der Waals surface area contributed by atoms with E-state index < -0.39 is 0 Å². The Balaban J connectivity index is 1.43. The molecule has 0 bridgehead atoms. The molecule has 0 saturated carbocycles. The maximum atomic E-state index is 6.36. The van der Waals surface area contributed by atoms with E-state index in [1.54, 1.807) is 0 Å². The standard InChI is InChI=1S/C23H21ClN4/c24-21-7-6-18(19-12-26-13-20(19)21)23-10-15-9-14(1-8-22(15)28-23)11-27-17-4-2-16(25)3-5-17/h1-10,26-28H,11-13,25H2. The van der Waals surface area contributed by atoms with Gasteiger partial charge in [-0.25, -0.2) is 0 Å². The molecule has 5 heteroatoms. The molecule has 0 saturated heterocycles. The number of fused-ring (bicyclic) bond motifs is 2. The summed E-state index contributed by atoms with van der Waals surface area (Å²) in [7, 11) is 0. The Labute approximate surface area is 168 Å². The van der Waals surface area contributed by atoms with Crippen molar-refractivity contribution in [2.24, 2.45) is 0 Å². The first-order chi connectivity index (χ1) is 13.7. The summed E-state index contributed by atoms with van der Waals surface area (Å²) in [5, 5.41) is 8.90. The maximum absolute atomic E-state index is 6.36. The third-order valence-electron chi connectivity index (χ3n) is 5.36. The van der Waals surface area contributed by atoms with Crippen molar-refractivity contribution in [3.8, 4) is 11.3 Å². The van der Waals surface area contributed by atoms with Crippen LogP contribution in [0.15, 0.2) is 60.7 Å². The van der Waals surface area contributed by atoms with E-state index in [0.29, 0.717) is 0 Å². The third kappa shape index (κ3) is 3.11. The number of hydrogen-bond acceptors (Lipinski definition) is 3. The predicted molar refractivity (Wildman–Crippen MR) is 117 cm³/mol. The van der Waals surface area contributed by atoms with Crippen LogP contribution in [-0.4, -0.2) is 4.98 Å². The van der Waals surface area contributed by atoms with Crippen LogP contribution in [-0.2, 0) is 19.6 Å². The van der Waals surface area contributed by atoms with Crippen LogP contribution in [0.1, 0.15) is 16.7 Å². The van der Waals surface area contributed by atoms with Crippen molar-refractivity contribution in [1.29, 1.82) is 0 Å². The number of nitrogens with two attached hydrogens (primary N) is 1. The molecular weight excluding hydrogens is 368 g/mol. The van der Waals surface area contributed by atoms with Crippen LogP contribution >= 0.6 is 11.6 Å². The number of nitrogens with one attached hydrogen (secondary N) is 3. The lowest BCUT2D eigenvalue weighted by Gasteiger charge is -2.07. The average Bonchev–Trinajstić information content (AvgIpc) is 3.35. The minimum Gasteiger partial charge on any atom is -0.399 e. The fourth-order valence-corrected chi connectivity index (χ4v) is 4.11. The Morgan fingerprint density at radius 2 is 1.75 bits per heavy atom. The molecule has 140 valence electrons. The Morgan fingerprint density at radius 1 is 0.929 bits per heavy atom. The molecule has 5 rings (SSSR count). The lowest BCUT2D eigenvalue weighted by Crippen LogP contribution is -2.00. The molecular formula is C23H21ClN4. The van der Waals surface area contributed by atoms with Crippen LogP contribution < -0.4 is 16.4 Å². The summed E-state index contributed by atoms with van der Waals surface area (Å²) < 4.78 is 0. The van der Waals surface area contributed by atoms with Crippen LogP contribution in [0.2, 0.25) is 5.02 Å². The van der Waals surface area contributed by atoms with Gasteiger partial charge in [-0.05, 0) is 65.2 Å². The highest BCUT2D eigenvalue weighted by Crippen LogP contribution is 2.34. The van der Waals surface area contributed by atoms with Crippen molar-refractivity contribution in [3.05, 3.63) is 82.4 Å². The second kappa shape index (κ2) is 6.89. The van der Waals surface area contributed by atoms with Gasteiger partial charge in [-0.3, -0.25) is 0 Å². The van der Waals surface area contributed by atoms with Crippen molar-refractivity contribution in [2.75, 3.05) is 11.1 Å². The van der Waals surface area contributed by atoms with Gasteiger partial charge in [0.1, 0.15) is 0 Å². The van der Waals surface area contributed by atoms with Crippen molar-refractivity contribution >= 4 is 33.9 Å². The van der Waals surface area contributed by atoms with Gasteiger partial charge >= 0.3 is 0 Å². The van der Waals surface area contributed by atoms with E-state index >= 15 is 0 Å². The number of halogens is 1. The lowest BCUT2D eigenvalue weighted by atomic mass is 10.0. The lowest BCUT2D eigenvalue weighted by molar-refractivity contribution is 0.765. The topological polar surface area (TPSA) is 65.9 Å². The normalized spacial score (nSPS) is 13.0. The first-order valence-electron chi connectivity index (χ1n) is 9.40. The zero-order valence-corrected chi connectivity index (χ0v) is 16.1. The van der Waals surface area contributed by atoms with E-state index in [4.69, 9.17) is 17.3 Å². The molecule has 4 aromatic rings. The van der Waals surface area contributed by atoms with E-state index in [9.17, 15) is 0 Å². The molecule has 0 aliphatic carbocycles. The van der Waals surface area contributed by atoms with Crippen LogP contribution in [0, 0.1) is 0 Å². The number of hydrogen-bond donors (Lipinski definition) is 4. The van der Waals surface area contributed by atoms with Crippen molar-refractivity contribution < 1.29 is 0 Å². The Bertz CT molecular complexity index is 1160. The SMILES string of the molecule is Nc1ccc(NCc2ccc3[nH]c(-c4ccc(Cl)c5c4CNC5)cc3c2)cc1. The molecule has 1 aromatic heterocycles. The minimum atomic E-state index is 0.765. The van der Waals surface area contributed by atoms with Gasteiger partial charge in [-0.1, -0.05) is 23.7 Å². The molecule has 0 spiro atoms. The number of benzene rings is 3. The van der Waals surface area contributed by atoms with Crippen LogP contribution in [0.4, 0.5) is 11.4 Å². The Morgan fingerprint density at radius 3 is 2.61 bits per heavy atom. The number of aromatic nitrogens is 1. The number of anilines is 2. The molecule has 2 heterocycles. The van der Waals surface area contributed by atoms with Gasteiger partial charge in [0, 0.05) is 58.2 Å². The average molecular weight is 389 g/mol. The second-order valence-electron chi connectivity index (χ2n) is 7.24. The molecule has 0 fully saturated rings. The van der Waals surface area contributed by atoms with Crippen molar-refractivity contribution in [2.45, 2.75) is 19.6 Å². The first-order valence-corrected chi connectivity index (χ1v) is 9.77. The predicted octanol–water partition coefficient (Wildman–Crippen LogP) is 5.29. The summed E-state index contributed by atoms with van der Waals surface area (Å²) in [5.41, 5.74) is 14.8. The molecule has 0 unspecified atom stereocenters. The molecule has 0 radical (unpaired) electrons. The fraction of sp³-hybridized carbons (Fsp3) is 0.130. The van der Waals surface area contributed by atoms with Crippen LogP contribution in [0.3, 0.4) is 0 Å². The first kappa shape index (κ1) is 17.2. The van der Waals surface area contributed by atoms with E-state index in [1.807, 2.05) is 30.3 Å². The summed E-state index contributed by atoms with van der Waals surface area (Å²) >= 11 is 6.36. The van der Waals surface area contributed by atoms with Gasteiger partial charge in [-0.2, -0.15) is 0 Å². The number of nitrogen functional groups attached to an aromatic ring is 1. The summed E-state index contributed by atoms with van der Waals surface area (Å²) in [6.07, 6.45) is 0. The fourth-order valence-electron chi connectivity index (χ4n) is 3.86. The largest absolute Gasteiger partial charge is 0.399 e. The zero-order valence-electron chi connectivity index (χ0n) is 15.4. The molecule has 0 atom stereocenters. The summed E-state index contributed by atoms with van der Waals surface area (Å²) in [4.78, 5) is 3.56. The highest BCUT2D eigenvalue weighted by atomic mass is 35.5. The maximum Gasteiger partial charge on any atom is 0.0468 e. The van der Waals surface area contributed by atoms with Gasteiger partial charge in [0.15, 0.2) is 0 Å². The summed E-state index contributed by atoms with van der Waals surface area (Å²) in [6.45, 7) is 2.46. The summed E-state index contributed by atoms with van der Waals surface area (Å²) in [6, 6.07) is 20.7. The number of aromatic amines is 1. The molecule has 0 amide bonds. The molecule has 1 aliphatic heterocycles. The molecule has 28 heavy (non-hydrogen) atoms. The summed E-state index contributed by atoms with van der Waals surface area (Å²) in [5.74, 6) is 0. The van der Waals surface area contributed by atoms with Crippen molar-refractivity contribution in [3.63, 3.8) is 0 Å². The van der Waals surface area contributed by atoms with E-state index in [0.717, 1.165) is 47.2 Å². The monoisotopic (exact) mass is 388 g/mol. The van der Waals surface area contributed by atoms with Gasteiger partial charge < -0.3 is 21.4 Å². The Kier molecular flexibility index (Phi) is 4.23. The van der Waals surface area contributed by atoms with Gasteiger partial charge in [0.25, 0.3) is 0 Å². The minimum absolute atomic E-state index is 0.765. The van der Waals surface area contributed by atoms with E-state index in [1.165, 1.54) is 27.6 Å². The van der Waals surface area contributed by atoms with Gasteiger partial charge in [0.05, 0.1) is 0 Å². The molecule has 5 N–H and O–H groups in total. The van der Waals surface area contributed by atoms with Crippen LogP contribution in [0.5, 0.6) is 0 Å². The molecule has 1 aliphatic rings. The Hall–Kier alpha value is -2.95. The van der Waals surface area contributed by atoms with Gasteiger partial charge in [-0.15, -0.1) is 0 Å². The highest BCUT2D eigenvalue weighted by molar-refractivity contribution is 6.31. The molecule has 4 nitrogen and oxygen atoms in total. The van der Waals surface area contributed by atoms with Crippen LogP contribution in [0.25, 0.3) is 22.2 Å². The highest BCUT2D eigenvalue weighted by Gasteiger charge is 2.19. The zero-order chi connectivity index (χ0) is 19.1. The third-order valence-corrected chi connectivity index (χ3v) is 5.71. The number of H-pyrrole nitrogens is 1. The quantitative estimate of drug-likeness (QED) is 0.359. The smallest absolute Gasteiger partial charge is 0.0468 e. The second-order valence-corrected chi connectivity index (χ2v) is 7.64. The van der Waals surface area contributed by atoms with Gasteiger partial charge in [0.2, 0.25) is 0 Å². The van der Waals surface area contributed by atoms with Crippen molar-refractivity contribution in [1.82, 2.24) is 10.3 Å². The molecule has 3 aromatic carbocycles.